The Morgan fingerprint density at radius 3 is 2.39 bits per heavy atom. The predicted molar refractivity (Wildman–Crippen MR) is 90.0 cm³/mol. The molecule has 0 aliphatic rings. The van der Waals surface area contributed by atoms with Gasteiger partial charge in [-0.1, -0.05) is 42.5 Å². The van der Waals surface area contributed by atoms with Crippen molar-refractivity contribution in [2.45, 2.75) is 32.5 Å². The molecule has 1 atom stereocenters. The lowest BCUT2D eigenvalue weighted by Crippen LogP contribution is -2.34. The molecule has 0 spiro atoms. The van der Waals surface area contributed by atoms with Crippen molar-refractivity contribution in [2.75, 3.05) is 0 Å². The number of carbonyl (C=O) groups excluding carboxylic acids is 1. The highest BCUT2D eigenvalue weighted by Gasteiger charge is 2.25. The van der Waals surface area contributed by atoms with E-state index in [1.165, 1.54) is 0 Å². The van der Waals surface area contributed by atoms with Crippen LogP contribution in [0.2, 0.25) is 0 Å². The molecule has 4 nitrogen and oxygen atoms in total. The Hall–Kier alpha value is -2.62. The molecule has 2 aromatic rings. The molecule has 120 valence electrons. The summed E-state index contributed by atoms with van der Waals surface area (Å²) >= 11 is 0. The van der Waals surface area contributed by atoms with Crippen molar-refractivity contribution in [2.24, 2.45) is 0 Å². The van der Waals surface area contributed by atoms with Crippen molar-refractivity contribution >= 4 is 12.0 Å². The molecule has 0 N–H and O–H groups in total. The van der Waals surface area contributed by atoms with E-state index in [0.29, 0.717) is 5.88 Å². The monoisotopic (exact) mass is 311 g/mol. The molecule has 0 aliphatic carbocycles. The van der Waals surface area contributed by atoms with Crippen molar-refractivity contribution < 1.29 is 14.3 Å². The number of carbonyl (C=O) groups is 1. The molecule has 1 aromatic carbocycles. The second-order valence-corrected chi connectivity index (χ2v) is 6.01. The van der Waals surface area contributed by atoms with E-state index in [1.807, 2.05) is 57.2 Å². The van der Waals surface area contributed by atoms with Gasteiger partial charge in [0.15, 0.2) is 0 Å². The van der Waals surface area contributed by atoms with E-state index in [1.54, 1.807) is 30.5 Å². The molecule has 4 heteroatoms. The minimum atomic E-state index is -0.857. The molecule has 0 fully saturated rings. The summed E-state index contributed by atoms with van der Waals surface area (Å²) in [6.45, 7) is 5.47. The molecule has 2 rings (SSSR count). The maximum absolute atomic E-state index is 12.4. The third-order valence-electron chi connectivity index (χ3n) is 2.79. The second kappa shape index (κ2) is 7.58. The first-order valence-corrected chi connectivity index (χ1v) is 7.48. The zero-order chi connectivity index (χ0) is 16.7. The minimum absolute atomic E-state index is 0.376. The number of hydrogen-bond donors (Lipinski definition) is 0. The minimum Gasteiger partial charge on any atom is -0.458 e. The van der Waals surface area contributed by atoms with Crippen LogP contribution in [0.1, 0.15) is 26.3 Å². The van der Waals surface area contributed by atoms with Crippen LogP contribution in [-0.2, 0) is 9.53 Å². The predicted octanol–water partition coefficient (Wildman–Crippen LogP) is 3.88. The molecule has 0 saturated heterocycles. The molecule has 0 radical (unpaired) electrons. The Labute approximate surface area is 136 Å². The Balaban J connectivity index is 2.17. The Morgan fingerprint density at radius 2 is 1.78 bits per heavy atom. The van der Waals surface area contributed by atoms with Gasteiger partial charge in [0.05, 0.1) is 0 Å². The summed E-state index contributed by atoms with van der Waals surface area (Å²) in [6, 6.07) is 15.0. The van der Waals surface area contributed by atoms with Gasteiger partial charge in [-0.25, -0.2) is 9.78 Å². The molecule has 0 bridgehead atoms. The average Bonchev–Trinajstić information content (AvgIpc) is 2.51. The molecule has 1 heterocycles. The molecule has 23 heavy (non-hydrogen) atoms. The van der Waals surface area contributed by atoms with Crippen LogP contribution in [0.25, 0.3) is 6.08 Å². The van der Waals surface area contributed by atoms with E-state index in [0.717, 1.165) is 5.56 Å². The fourth-order valence-corrected chi connectivity index (χ4v) is 1.84. The molecule has 1 aromatic heterocycles. The standard InChI is InChI=1S/C19H21NO3/c1-19(2,3)23-18(21)16(22-17-11-7-8-14-20-17)13-12-15-9-5-4-6-10-15/h4-14,16H,1-3H3/b13-12+. The zero-order valence-electron chi connectivity index (χ0n) is 13.6. The lowest BCUT2D eigenvalue weighted by Gasteiger charge is -2.22. The zero-order valence-corrected chi connectivity index (χ0v) is 13.6. The van der Waals surface area contributed by atoms with Crippen molar-refractivity contribution in [1.82, 2.24) is 4.98 Å². The van der Waals surface area contributed by atoms with Gasteiger partial charge in [-0.05, 0) is 38.5 Å². The first kappa shape index (κ1) is 16.7. The summed E-state index contributed by atoms with van der Waals surface area (Å²) in [4.78, 5) is 16.4. The molecule has 0 amide bonds. The van der Waals surface area contributed by atoms with Gasteiger partial charge >= 0.3 is 5.97 Å². The third-order valence-corrected chi connectivity index (χ3v) is 2.79. The summed E-state index contributed by atoms with van der Waals surface area (Å²) in [5.41, 5.74) is 0.398. The summed E-state index contributed by atoms with van der Waals surface area (Å²) in [5.74, 6) is -0.0728. The number of nitrogens with zero attached hydrogens (tertiary/aromatic N) is 1. The van der Waals surface area contributed by atoms with E-state index in [4.69, 9.17) is 9.47 Å². The first-order chi connectivity index (χ1) is 10.9. The maximum Gasteiger partial charge on any atom is 0.352 e. The van der Waals surface area contributed by atoms with E-state index in [9.17, 15) is 4.79 Å². The van der Waals surface area contributed by atoms with E-state index < -0.39 is 17.7 Å². The molecular weight excluding hydrogens is 290 g/mol. The van der Waals surface area contributed by atoms with Gasteiger partial charge in [0, 0.05) is 12.3 Å². The van der Waals surface area contributed by atoms with Crippen LogP contribution in [0.15, 0.2) is 60.8 Å². The van der Waals surface area contributed by atoms with Gasteiger partial charge in [-0.3, -0.25) is 0 Å². The van der Waals surface area contributed by atoms with Crippen molar-refractivity contribution in [3.8, 4) is 5.88 Å². The summed E-state index contributed by atoms with van der Waals surface area (Å²) < 4.78 is 11.1. The smallest absolute Gasteiger partial charge is 0.352 e. The lowest BCUT2D eigenvalue weighted by atomic mass is 10.1. The number of ether oxygens (including phenoxy) is 2. The molecular formula is C19H21NO3. The number of esters is 1. The normalized spacial score (nSPS) is 12.8. The molecule has 0 aliphatic heterocycles. The second-order valence-electron chi connectivity index (χ2n) is 6.01. The topological polar surface area (TPSA) is 48.4 Å². The van der Waals surface area contributed by atoms with Crippen molar-refractivity contribution in [1.29, 1.82) is 0 Å². The summed E-state index contributed by atoms with van der Waals surface area (Å²) in [6.07, 6.45) is 4.27. The van der Waals surface area contributed by atoms with Crippen LogP contribution in [0.4, 0.5) is 0 Å². The van der Waals surface area contributed by atoms with E-state index in [2.05, 4.69) is 4.98 Å². The fraction of sp³-hybridized carbons (Fsp3) is 0.263. The van der Waals surface area contributed by atoms with Gasteiger partial charge in [0.1, 0.15) is 5.60 Å². The summed E-state index contributed by atoms with van der Waals surface area (Å²) in [5, 5.41) is 0. The molecule has 0 saturated carbocycles. The average molecular weight is 311 g/mol. The van der Waals surface area contributed by atoms with Gasteiger partial charge in [0.2, 0.25) is 12.0 Å². The Bertz CT molecular complexity index is 645. The van der Waals surface area contributed by atoms with E-state index in [-0.39, 0.29) is 0 Å². The lowest BCUT2D eigenvalue weighted by molar-refractivity contribution is -0.161. The van der Waals surface area contributed by atoms with Crippen LogP contribution in [-0.4, -0.2) is 22.7 Å². The number of hydrogen-bond acceptors (Lipinski definition) is 4. The van der Waals surface area contributed by atoms with Crippen LogP contribution < -0.4 is 4.74 Å². The van der Waals surface area contributed by atoms with Crippen molar-refractivity contribution in [3.05, 3.63) is 66.4 Å². The highest BCUT2D eigenvalue weighted by Crippen LogP contribution is 2.14. The third kappa shape index (κ3) is 5.94. The van der Waals surface area contributed by atoms with Gasteiger partial charge in [-0.2, -0.15) is 0 Å². The molecule has 1 unspecified atom stereocenters. The highest BCUT2D eigenvalue weighted by molar-refractivity contribution is 5.79. The van der Waals surface area contributed by atoms with Gasteiger partial charge < -0.3 is 9.47 Å². The number of pyridine rings is 1. The quantitative estimate of drug-likeness (QED) is 0.786. The van der Waals surface area contributed by atoms with Gasteiger partial charge in [-0.15, -0.1) is 0 Å². The van der Waals surface area contributed by atoms with E-state index >= 15 is 0 Å². The van der Waals surface area contributed by atoms with Crippen LogP contribution in [0.3, 0.4) is 0 Å². The van der Waals surface area contributed by atoms with Crippen LogP contribution in [0.5, 0.6) is 5.88 Å². The number of aromatic nitrogens is 1. The van der Waals surface area contributed by atoms with Crippen LogP contribution >= 0.6 is 0 Å². The number of benzene rings is 1. The highest BCUT2D eigenvalue weighted by atomic mass is 16.6. The largest absolute Gasteiger partial charge is 0.458 e. The fourth-order valence-electron chi connectivity index (χ4n) is 1.84. The van der Waals surface area contributed by atoms with Crippen molar-refractivity contribution in [3.63, 3.8) is 0 Å². The first-order valence-electron chi connectivity index (χ1n) is 7.48. The maximum atomic E-state index is 12.4. The van der Waals surface area contributed by atoms with Gasteiger partial charge in [0.25, 0.3) is 0 Å². The summed E-state index contributed by atoms with van der Waals surface area (Å²) in [7, 11) is 0. The Morgan fingerprint density at radius 1 is 1.09 bits per heavy atom. The SMILES string of the molecule is CC(C)(C)OC(=O)C(/C=C/c1ccccc1)Oc1ccccn1. The van der Waals surface area contributed by atoms with Crippen LogP contribution in [0, 0.1) is 0 Å². The Kier molecular flexibility index (Phi) is 5.52. The number of rotatable bonds is 5.